The second-order valence-corrected chi connectivity index (χ2v) is 9.97. The zero-order valence-corrected chi connectivity index (χ0v) is 21.5. The van der Waals surface area contributed by atoms with Crippen LogP contribution < -0.4 is 15.5 Å². The molecule has 0 unspecified atom stereocenters. The van der Waals surface area contributed by atoms with Gasteiger partial charge < -0.3 is 20.3 Å². The third-order valence-corrected chi connectivity index (χ3v) is 6.82. The fourth-order valence-corrected chi connectivity index (χ4v) is 5.10. The summed E-state index contributed by atoms with van der Waals surface area (Å²) in [7, 11) is 1.90. The fraction of sp³-hybridized carbons (Fsp3) is 0.296. The smallest absolute Gasteiger partial charge is 0.255 e. The highest BCUT2D eigenvalue weighted by atomic mass is 32.1. The van der Waals surface area contributed by atoms with Crippen LogP contribution in [-0.2, 0) is 18.3 Å². The van der Waals surface area contributed by atoms with Crippen molar-refractivity contribution in [3.63, 3.8) is 0 Å². The molecule has 5 rings (SSSR count). The van der Waals surface area contributed by atoms with Gasteiger partial charge in [0.25, 0.3) is 5.91 Å². The Morgan fingerprint density at radius 2 is 1.89 bits per heavy atom. The maximum absolute atomic E-state index is 13.0. The quantitative estimate of drug-likeness (QED) is 0.369. The summed E-state index contributed by atoms with van der Waals surface area (Å²) in [5, 5.41) is 13.5. The van der Waals surface area contributed by atoms with Crippen molar-refractivity contribution in [2.45, 2.75) is 32.6 Å². The Labute approximate surface area is 214 Å². The number of thiazole rings is 1. The van der Waals surface area contributed by atoms with Gasteiger partial charge in [-0.25, -0.2) is 4.98 Å². The van der Waals surface area contributed by atoms with Crippen LogP contribution >= 0.6 is 11.3 Å². The lowest BCUT2D eigenvalue weighted by Gasteiger charge is -2.36. The SMILES string of the molecule is C[C@@H]1CN(c2ccc(NC(=O)c3cccc(-c4csc(NCc5ccn(C)n5)n4)c3)cc2)C[C@H](C)O1. The van der Waals surface area contributed by atoms with E-state index in [0.717, 1.165) is 46.5 Å². The fourth-order valence-electron chi connectivity index (χ4n) is 4.38. The van der Waals surface area contributed by atoms with Gasteiger partial charge in [-0.1, -0.05) is 12.1 Å². The number of hydrogen-bond donors (Lipinski definition) is 2. The molecule has 4 aromatic rings. The van der Waals surface area contributed by atoms with Crippen molar-refractivity contribution in [2.75, 3.05) is 28.6 Å². The Morgan fingerprint density at radius 1 is 1.11 bits per heavy atom. The van der Waals surface area contributed by atoms with Crippen LogP contribution in [0.25, 0.3) is 11.3 Å². The molecule has 1 aliphatic heterocycles. The number of aryl methyl sites for hydroxylation is 1. The summed E-state index contributed by atoms with van der Waals surface area (Å²) in [6, 6.07) is 17.5. The normalized spacial score (nSPS) is 17.7. The number of ether oxygens (including phenoxy) is 1. The minimum Gasteiger partial charge on any atom is -0.372 e. The summed E-state index contributed by atoms with van der Waals surface area (Å²) in [6.07, 6.45) is 2.32. The van der Waals surface area contributed by atoms with Crippen LogP contribution in [0.1, 0.15) is 29.9 Å². The highest BCUT2D eigenvalue weighted by Crippen LogP contribution is 2.27. The first-order valence-electron chi connectivity index (χ1n) is 12.0. The zero-order chi connectivity index (χ0) is 25.1. The van der Waals surface area contributed by atoms with Crippen LogP contribution in [-0.4, -0.2) is 46.0 Å². The molecule has 1 aliphatic rings. The average Bonchev–Trinajstić information content (AvgIpc) is 3.51. The number of hydrogen-bond acceptors (Lipinski definition) is 7. The first-order valence-corrected chi connectivity index (χ1v) is 12.9. The van der Waals surface area contributed by atoms with Gasteiger partial charge in [-0.05, 0) is 56.3 Å². The van der Waals surface area contributed by atoms with E-state index in [1.807, 2.05) is 73.2 Å². The van der Waals surface area contributed by atoms with Crippen molar-refractivity contribution in [3.05, 3.63) is 77.4 Å². The molecule has 2 aromatic carbocycles. The largest absolute Gasteiger partial charge is 0.372 e. The van der Waals surface area contributed by atoms with Gasteiger partial charge in [0.1, 0.15) is 0 Å². The molecule has 2 atom stereocenters. The number of amides is 1. The Hall–Kier alpha value is -3.69. The third-order valence-electron chi connectivity index (χ3n) is 6.02. The van der Waals surface area contributed by atoms with E-state index < -0.39 is 0 Å². The van der Waals surface area contributed by atoms with Gasteiger partial charge in [0.15, 0.2) is 5.13 Å². The highest BCUT2D eigenvalue weighted by molar-refractivity contribution is 7.14. The molecule has 186 valence electrons. The van der Waals surface area contributed by atoms with Crippen LogP contribution in [0.5, 0.6) is 0 Å². The molecule has 1 saturated heterocycles. The van der Waals surface area contributed by atoms with Crippen LogP contribution in [0.15, 0.2) is 66.2 Å². The van der Waals surface area contributed by atoms with Gasteiger partial charge in [-0.15, -0.1) is 11.3 Å². The average molecular weight is 503 g/mol. The minimum atomic E-state index is -0.151. The molecule has 0 spiro atoms. The molecule has 1 fully saturated rings. The molecule has 8 nitrogen and oxygen atoms in total. The van der Waals surface area contributed by atoms with Crippen LogP contribution in [0.2, 0.25) is 0 Å². The summed E-state index contributed by atoms with van der Waals surface area (Å²) in [4.78, 5) is 20.0. The molecular weight excluding hydrogens is 472 g/mol. The summed E-state index contributed by atoms with van der Waals surface area (Å²) >= 11 is 1.53. The van der Waals surface area contributed by atoms with Crippen LogP contribution in [0, 0.1) is 0 Å². The molecule has 0 bridgehead atoms. The van der Waals surface area contributed by atoms with E-state index in [4.69, 9.17) is 4.74 Å². The number of carbonyl (C=O) groups excluding carboxylic acids is 1. The summed E-state index contributed by atoms with van der Waals surface area (Å²) in [6.45, 7) is 6.52. The Balaban J connectivity index is 1.21. The first kappa shape index (κ1) is 24.0. The van der Waals surface area contributed by atoms with Crippen molar-refractivity contribution in [1.82, 2.24) is 14.8 Å². The third kappa shape index (κ3) is 5.75. The first-order chi connectivity index (χ1) is 17.4. The molecule has 1 amide bonds. The molecule has 0 radical (unpaired) electrons. The molecular formula is C27H30N6O2S. The van der Waals surface area contributed by atoms with E-state index in [0.29, 0.717) is 12.1 Å². The molecule has 0 aliphatic carbocycles. The van der Waals surface area contributed by atoms with Crippen molar-refractivity contribution in [1.29, 1.82) is 0 Å². The maximum atomic E-state index is 13.0. The highest BCUT2D eigenvalue weighted by Gasteiger charge is 2.22. The van der Waals surface area contributed by atoms with Gasteiger partial charge in [0.05, 0.1) is 30.1 Å². The van der Waals surface area contributed by atoms with Gasteiger partial charge in [0.2, 0.25) is 0 Å². The monoisotopic (exact) mass is 502 g/mol. The predicted molar refractivity (Wildman–Crippen MR) is 145 cm³/mol. The predicted octanol–water partition coefficient (Wildman–Crippen LogP) is 5.02. The molecule has 36 heavy (non-hydrogen) atoms. The number of morpholine rings is 1. The summed E-state index contributed by atoms with van der Waals surface area (Å²) in [5.41, 5.74) is 5.16. The minimum absolute atomic E-state index is 0.151. The molecule has 3 heterocycles. The van der Waals surface area contributed by atoms with Crippen LogP contribution in [0.4, 0.5) is 16.5 Å². The second-order valence-electron chi connectivity index (χ2n) is 9.12. The van der Waals surface area contributed by atoms with Crippen molar-refractivity contribution in [3.8, 4) is 11.3 Å². The molecule has 9 heteroatoms. The Bertz CT molecular complexity index is 1320. The van der Waals surface area contributed by atoms with E-state index >= 15 is 0 Å². The van der Waals surface area contributed by atoms with Gasteiger partial charge in [-0.3, -0.25) is 9.48 Å². The second kappa shape index (κ2) is 10.5. The lowest BCUT2D eigenvalue weighted by atomic mass is 10.1. The van der Waals surface area contributed by atoms with Gasteiger partial charge in [-0.2, -0.15) is 5.10 Å². The molecule has 2 aromatic heterocycles. The van der Waals surface area contributed by atoms with Crippen molar-refractivity contribution >= 4 is 33.8 Å². The lowest BCUT2D eigenvalue weighted by Crippen LogP contribution is -2.45. The number of rotatable bonds is 7. The number of carbonyl (C=O) groups is 1. The summed E-state index contributed by atoms with van der Waals surface area (Å²) in [5.74, 6) is -0.151. The topological polar surface area (TPSA) is 84.3 Å². The molecule has 0 saturated carbocycles. The standard InChI is InChI=1S/C27H30N6O2S/c1-18-15-33(16-19(2)35-18)24-9-7-22(8-10-24)29-26(34)21-6-4-5-20(13-21)25-17-36-27(30-25)28-14-23-11-12-32(3)31-23/h4-13,17-19H,14-16H2,1-3H3,(H,28,30)(H,29,34)/t18-,19+. The van der Waals surface area contributed by atoms with E-state index in [9.17, 15) is 4.79 Å². The Kier molecular flexibility index (Phi) is 7.02. The van der Waals surface area contributed by atoms with E-state index in [1.54, 1.807) is 4.68 Å². The maximum Gasteiger partial charge on any atom is 0.255 e. The zero-order valence-electron chi connectivity index (χ0n) is 20.6. The van der Waals surface area contributed by atoms with E-state index in [-0.39, 0.29) is 18.1 Å². The lowest BCUT2D eigenvalue weighted by molar-refractivity contribution is -0.00521. The molecule has 2 N–H and O–H groups in total. The van der Waals surface area contributed by atoms with Gasteiger partial charge >= 0.3 is 0 Å². The number of nitrogens with one attached hydrogen (secondary N) is 2. The number of anilines is 3. The van der Waals surface area contributed by atoms with Crippen molar-refractivity contribution in [2.24, 2.45) is 7.05 Å². The van der Waals surface area contributed by atoms with E-state index in [2.05, 4.69) is 39.5 Å². The number of aromatic nitrogens is 3. The summed E-state index contributed by atoms with van der Waals surface area (Å²) < 4.78 is 7.61. The van der Waals surface area contributed by atoms with E-state index in [1.165, 1.54) is 11.3 Å². The number of nitrogens with zero attached hydrogens (tertiary/aromatic N) is 4. The van der Waals surface area contributed by atoms with Gasteiger partial charge in [0, 0.05) is 54.2 Å². The number of benzene rings is 2. The van der Waals surface area contributed by atoms with Crippen molar-refractivity contribution < 1.29 is 9.53 Å². The Morgan fingerprint density at radius 3 is 2.61 bits per heavy atom. The van der Waals surface area contributed by atoms with Crippen LogP contribution in [0.3, 0.4) is 0 Å².